The zero-order chi connectivity index (χ0) is 12.9. The average Bonchev–Trinajstić information content (AvgIpc) is 3.12. The van der Waals surface area contributed by atoms with Crippen LogP contribution in [0.25, 0.3) is 0 Å². The quantitative estimate of drug-likeness (QED) is 0.892. The van der Waals surface area contributed by atoms with Gasteiger partial charge in [0.25, 0.3) is 0 Å². The van der Waals surface area contributed by atoms with Crippen molar-refractivity contribution in [3.8, 4) is 0 Å². The Morgan fingerprint density at radius 1 is 1.00 bits per heavy atom. The van der Waals surface area contributed by atoms with Gasteiger partial charge in [0.05, 0.1) is 5.41 Å². The van der Waals surface area contributed by atoms with Gasteiger partial charge in [-0.2, -0.15) is 0 Å². The second-order valence-electron chi connectivity index (χ2n) is 5.66. The zero-order valence-electron chi connectivity index (χ0n) is 10.9. The van der Waals surface area contributed by atoms with Crippen molar-refractivity contribution >= 4 is 5.82 Å². The molecule has 1 aromatic carbocycles. The zero-order valence-corrected chi connectivity index (χ0v) is 10.9. The lowest BCUT2D eigenvalue weighted by molar-refractivity contribution is 0.744. The molecule has 0 unspecified atom stereocenters. The molecule has 2 N–H and O–H groups in total. The molecular formula is C16H17N3. The number of nitrogens with two attached hydrogens (primary N) is 1. The largest absolute Gasteiger partial charge is 0.383 e. The van der Waals surface area contributed by atoms with Gasteiger partial charge >= 0.3 is 0 Å². The van der Waals surface area contributed by atoms with Gasteiger partial charge < -0.3 is 5.73 Å². The van der Waals surface area contributed by atoms with Gasteiger partial charge in [-0.1, -0.05) is 30.3 Å². The van der Waals surface area contributed by atoms with E-state index in [-0.39, 0.29) is 5.41 Å². The van der Waals surface area contributed by atoms with E-state index in [0.29, 0.717) is 5.82 Å². The molecule has 1 fully saturated rings. The molecule has 3 nitrogen and oxygen atoms in total. The van der Waals surface area contributed by atoms with Gasteiger partial charge in [0, 0.05) is 11.3 Å². The van der Waals surface area contributed by atoms with E-state index in [4.69, 9.17) is 10.7 Å². The summed E-state index contributed by atoms with van der Waals surface area (Å²) in [5.41, 5.74) is 9.86. The molecule has 0 aliphatic heterocycles. The molecule has 19 heavy (non-hydrogen) atoms. The molecule has 0 atom stereocenters. The van der Waals surface area contributed by atoms with E-state index in [9.17, 15) is 0 Å². The number of benzene rings is 1. The summed E-state index contributed by atoms with van der Waals surface area (Å²) in [7, 11) is 0. The van der Waals surface area contributed by atoms with Crippen LogP contribution in [0, 0.1) is 0 Å². The van der Waals surface area contributed by atoms with Crippen molar-refractivity contribution in [1.29, 1.82) is 0 Å². The Morgan fingerprint density at radius 2 is 1.79 bits per heavy atom. The number of fused-ring (bicyclic) bond motifs is 1. The van der Waals surface area contributed by atoms with E-state index >= 15 is 0 Å². The van der Waals surface area contributed by atoms with Gasteiger partial charge in [-0.15, -0.1) is 0 Å². The van der Waals surface area contributed by atoms with E-state index in [0.717, 1.165) is 37.9 Å². The molecule has 2 aromatic rings. The van der Waals surface area contributed by atoms with Crippen molar-refractivity contribution in [2.24, 2.45) is 0 Å². The maximum atomic E-state index is 6.12. The average molecular weight is 251 g/mol. The fraction of sp³-hybridized carbons (Fsp3) is 0.375. The lowest BCUT2D eigenvalue weighted by Gasteiger charge is -2.16. The lowest BCUT2D eigenvalue weighted by Crippen LogP contribution is -2.16. The molecule has 0 amide bonds. The molecule has 1 aromatic heterocycles. The molecule has 0 spiro atoms. The molecule has 2 aliphatic carbocycles. The third-order valence-corrected chi connectivity index (χ3v) is 4.47. The highest BCUT2D eigenvalue weighted by Gasteiger charge is 2.49. The molecule has 1 saturated carbocycles. The fourth-order valence-electron chi connectivity index (χ4n) is 3.20. The third-order valence-electron chi connectivity index (χ3n) is 4.47. The van der Waals surface area contributed by atoms with Crippen LogP contribution < -0.4 is 5.73 Å². The highest BCUT2D eigenvalue weighted by atomic mass is 15.0. The van der Waals surface area contributed by atoms with E-state index in [1.165, 1.54) is 16.8 Å². The maximum absolute atomic E-state index is 6.12. The van der Waals surface area contributed by atoms with Gasteiger partial charge in [0.1, 0.15) is 11.6 Å². The summed E-state index contributed by atoms with van der Waals surface area (Å²) >= 11 is 0. The monoisotopic (exact) mass is 251 g/mol. The second-order valence-corrected chi connectivity index (χ2v) is 5.66. The molecule has 0 bridgehead atoms. The van der Waals surface area contributed by atoms with Gasteiger partial charge in [0.15, 0.2) is 0 Å². The first-order valence-electron chi connectivity index (χ1n) is 7.01. The minimum atomic E-state index is 0.0347. The summed E-state index contributed by atoms with van der Waals surface area (Å²) < 4.78 is 0. The molecule has 0 radical (unpaired) electrons. The smallest absolute Gasteiger partial charge is 0.141 e. The molecule has 1 heterocycles. The summed E-state index contributed by atoms with van der Waals surface area (Å²) in [6, 6.07) is 10.6. The number of aromatic nitrogens is 2. The number of hydrogen-bond donors (Lipinski definition) is 1. The Morgan fingerprint density at radius 3 is 2.53 bits per heavy atom. The summed E-state index contributed by atoms with van der Waals surface area (Å²) in [6.45, 7) is 0. The van der Waals surface area contributed by atoms with Crippen LogP contribution in [0.3, 0.4) is 0 Å². The van der Waals surface area contributed by atoms with Crippen molar-refractivity contribution in [2.45, 2.75) is 37.5 Å². The van der Waals surface area contributed by atoms with Crippen molar-refractivity contribution in [2.75, 3.05) is 5.73 Å². The van der Waals surface area contributed by atoms with Gasteiger partial charge in [-0.25, -0.2) is 9.97 Å². The molecular weight excluding hydrogens is 234 g/mol. The Hall–Kier alpha value is -1.90. The summed E-state index contributed by atoms with van der Waals surface area (Å²) in [5.74, 6) is 1.65. The van der Waals surface area contributed by atoms with Crippen LogP contribution >= 0.6 is 0 Å². The lowest BCUT2D eigenvalue weighted by atomic mass is 9.95. The van der Waals surface area contributed by atoms with E-state index in [1.807, 2.05) is 0 Å². The van der Waals surface area contributed by atoms with Crippen LogP contribution in [-0.4, -0.2) is 9.97 Å². The van der Waals surface area contributed by atoms with Crippen molar-refractivity contribution in [3.05, 3.63) is 53.0 Å². The first-order chi connectivity index (χ1) is 9.29. The number of hydrogen-bond acceptors (Lipinski definition) is 3. The van der Waals surface area contributed by atoms with Crippen LogP contribution in [0.1, 0.15) is 41.9 Å². The Balaban J connectivity index is 1.83. The van der Waals surface area contributed by atoms with Gasteiger partial charge in [-0.3, -0.25) is 0 Å². The number of nitrogen functional groups attached to an aromatic ring is 1. The van der Waals surface area contributed by atoms with Crippen LogP contribution in [0.4, 0.5) is 5.82 Å². The van der Waals surface area contributed by atoms with Crippen LogP contribution in [0.5, 0.6) is 0 Å². The summed E-state index contributed by atoms with van der Waals surface area (Å²) in [6.07, 6.45) is 5.53. The maximum Gasteiger partial charge on any atom is 0.141 e. The molecule has 0 saturated heterocycles. The molecule has 4 rings (SSSR count). The van der Waals surface area contributed by atoms with Crippen molar-refractivity contribution in [3.63, 3.8) is 0 Å². The third kappa shape index (κ3) is 1.57. The van der Waals surface area contributed by atoms with E-state index in [1.54, 1.807) is 0 Å². The summed E-state index contributed by atoms with van der Waals surface area (Å²) in [4.78, 5) is 9.46. The standard InChI is InChI=1S/C16H17N3/c17-14-12-7-4-8-13(12)18-15(19-14)16(9-10-16)11-5-2-1-3-6-11/h1-3,5-6H,4,7-10H2,(H2,17,18,19). The number of aryl methyl sites for hydroxylation is 1. The Labute approximate surface area is 112 Å². The highest BCUT2D eigenvalue weighted by Crippen LogP contribution is 2.52. The normalized spacial score (nSPS) is 19.2. The predicted molar refractivity (Wildman–Crippen MR) is 74.9 cm³/mol. The van der Waals surface area contributed by atoms with Gasteiger partial charge in [0.2, 0.25) is 0 Å². The first-order valence-corrected chi connectivity index (χ1v) is 7.01. The van der Waals surface area contributed by atoms with Crippen molar-refractivity contribution < 1.29 is 0 Å². The minimum absolute atomic E-state index is 0.0347. The number of rotatable bonds is 2. The van der Waals surface area contributed by atoms with E-state index in [2.05, 4.69) is 35.3 Å². The van der Waals surface area contributed by atoms with E-state index < -0.39 is 0 Å². The molecule has 3 heteroatoms. The Kier molecular flexibility index (Phi) is 2.19. The predicted octanol–water partition coefficient (Wildman–Crippen LogP) is 2.63. The van der Waals surface area contributed by atoms with Gasteiger partial charge in [-0.05, 0) is 37.7 Å². The van der Waals surface area contributed by atoms with Crippen LogP contribution in [-0.2, 0) is 18.3 Å². The SMILES string of the molecule is Nc1nc(C2(c3ccccc3)CC2)nc2c1CCC2. The topological polar surface area (TPSA) is 51.8 Å². The second kappa shape index (κ2) is 3.80. The minimum Gasteiger partial charge on any atom is -0.383 e. The number of nitrogens with zero attached hydrogens (tertiary/aromatic N) is 2. The van der Waals surface area contributed by atoms with Crippen LogP contribution in [0.15, 0.2) is 30.3 Å². The fourth-order valence-corrected chi connectivity index (χ4v) is 3.20. The van der Waals surface area contributed by atoms with Crippen LogP contribution in [0.2, 0.25) is 0 Å². The molecule has 2 aliphatic rings. The highest BCUT2D eigenvalue weighted by molar-refractivity contribution is 5.48. The Bertz CT molecular complexity index is 630. The summed E-state index contributed by atoms with van der Waals surface area (Å²) in [5, 5.41) is 0. The first kappa shape index (κ1) is 11.0. The molecule has 96 valence electrons. The van der Waals surface area contributed by atoms with Crippen molar-refractivity contribution in [1.82, 2.24) is 9.97 Å². The number of anilines is 1.